The molecule has 144 valence electrons. The Balaban J connectivity index is 1.61. The highest BCUT2D eigenvalue weighted by atomic mass is 15.5. The van der Waals surface area contributed by atoms with Gasteiger partial charge >= 0.3 is 0 Å². The maximum Gasteiger partial charge on any atom is 0.204 e. The van der Waals surface area contributed by atoms with E-state index in [2.05, 4.69) is 84.8 Å². The van der Waals surface area contributed by atoms with Crippen molar-refractivity contribution in [1.29, 1.82) is 0 Å². The highest BCUT2D eigenvalue weighted by molar-refractivity contribution is 5.80. The molecule has 3 heterocycles. The number of aryl methyl sites for hydroxylation is 1. The number of rotatable bonds is 3. The molecule has 0 radical (unpaired) electrons. The van der Waals surface area contributed by atoms with E-state index in [9.17, 15) is 0 Å². The molecular weight excluding hydrogens is 372 g/mol. The normalized spacial score (nSPS) is 12.4. The van der Waals surface area contributed by atoms with Crippen LogP contribution < -0.4 is 0 Å². The maximum atomic E-state index is 4.20. The zero-order valence-corrected chi connectivity index (χ0v) is 16.2. The molecule has 5 aromatic rings. The molecule has 2 aromatic carbocycles. The standard InChI is InChI=1S/C24H18N6/c1-2-7-20-16(4-1)8-9-22-21(20)15-23(17-10-12-25-13-11-17)30(22)19-6-3-5-18(14-19)24-26-28-29-27-24/h1-7,10-15H,8-9H2,(H,26,27,28,29). The van der Waals surface area contributed by atoms with E-state index in [1.807, 2.05) is 24.5 Å². The number of nitrogens with zero attached hydrogens (tertiary/aromatic N) is 5. The second-order valence-corrected chi connectivity index (χ2v) is 7.40. The first-order valence-electron chi connectivity index (χ1n) is 9.96. The van der Waals surface area contributed by atoms with Crippen LogP contribution >= 0.6 is 0 Å². The maximum absolute atomic E-state index is 4.20. The molecule has 1 aliphatic carbocycles. The molecular formula is C24H18N6. The third-order valence-electron chi connectivity index (χ3n) is 5.73. The molecule has 0 spiro atoms. The third kappa shape index (κ3) is 2.65. The summed E-state index contributed by atoms with van der Waals surface area (Å²) in [6.07, 6.45) is 5.71. The van der Waals surface area contributed by atoms with Crippen LogP contribution in [0, 0.1) is 0 Å². The lowest BCUT2D eigenvalue weighted by Gasteiger charge is -2.20. The van der Waals surface area contributed by atoms with Crippen LogP contribution in [0.25, 0.3) is 39.5 Å². The summed E-state index contributed by atoms with van der Waals surface area (Å²) in [5.74, 6) is 0.591. The van der Waals surface area contributed by atoms with Crippen LogP contribution in [-0.4, -0.2) is 30.2 Å². The average molecular weight is 390 g/mol. The minimum atomic E-state index is 0.591. The summed E-state index contributed by atoms with van der Waals surface area (Å²) in [7, 11) is 0. The van der Waals surface area contributed by atoms with Gasteiger partial charge in [-0.15, -0.1) is 10.2 Å². The molecule has 0 saturated carbocycles. The fourth-order valence-corrected chi connectivity index (χ4v) is 4.38. The van der Waals surface area contributed by atoms with E-state index >= 15 is 0 Å². The third-order valence-corrected chi connectivity index (χ3v) is 5.73. The zero-order chi connectivity index (χ0) is 19.9. The van der Waals surface area contributed by atoms with Gasteiger partial charge in [-0.3, -0.25) is 4.98 Å². The number of aromatic nitrogens is 6. The Morgan fingerprint density at radius 3 is 2.57 bits per heavy atom. The minimum absolute atomic E-state index is 0.591. The SMILES string of the molecule is c1cc(-c2nn[nH]n2)cc(-n2c(-c3ccncc3)cc3c2CCc2ccccc2-3)c1. The number of nitrogens with one attached hydrogen (secondary N) is 1. The molecule has 6 rings (SSSR count). The van der Waals surface area contributed by atoms with Crippen LogP contribution in [0.15, 0.2) is 79.1 Å². The lowest BCUT2D eigenvalue weighted by atomic mass is 9.90. The molecule has 0 unspecified atom stereocenters. The Labute approximate surface area is 173 Å². The van der Waals surface area contributed by atoms with Crippen molar-refractivity contribution >= 4 is 0 Å². The van der Waals surface area contributed by atoms with E-state index in [4.69, 9.17) is 0 Å². The van der Waals surface area contributed by atoms with E-state index in [0.717, 1.165) is 35.3 Å². The highest BCUT2D eigenvalue weighted by Gasteiger charge is 2.24. The van der Waals surface area contributed by atoms with Gasteiger partial charge in [-0.1, -0.05) is 36.4 Å². The second kappa shape index (κ2) is 6.77. The van der Waals surface area contributed by atoms with Crippen molar-refractivity contribution in [3.63, 3.8) is 0 Å². The van der Waals surface area contributed by atoms with Crippen LogP contribution in [0.2, 0.25) is 0 Å². The quantitative estimate of drug-likeness (QED) is 0.493. The fraction of sp³-hybridized carbons (Fsp3) is 0.0833. The molecule has 30 heavy (non-hydrogen) atoms. The summed E-state index contributed by atoms with van der Waals surface area (Å²) >= 11 is 0. The Kier molecular flexibility index (Phi) is 3.81. The Morgan fingerprint density at radius 2 is 1.70 bits per heavy atom. The lowest BCUT2D eigenvalue weighted by molar-refractivity contribution is 0.857. The van der Waals surface area contributed by atoms with Gasteiger partial charge < -0.3 is 4.57 Å². The first-order valence-corrected chi connectivity index (χ1v) is 9.96. The number of pyridine rings is 1. The molecule has 3 aromatic heterocycles. The van der Waals surface area contributed by atoms with Gasteiger partial charge in [0.1, 0.15) is 0 Å². The summed E-state index contributed by atoms with van der Waals surface area (Å²) in [4.78, 5) is 4.20. The van der Waals surface area contributed by atoms with Gasteiger partial charge in [-0.05, 0) is 59.5 Å². The van der Waals surface area contributed by atoms with Crippen molar-refractivity contribution in [2.75, 3.05) is 0 Å². The molecule has 0 amide bonds. The van der Waals surface area contributed by atoms with E-state index in [1.54, 1.807) is 0 Å². The molecule has 6 heteroatoms. The number of tetrazole rings is 1. The van der Waals surface area contributed by atoms with Gasteiger partial charge in [0.2, 0.25) is 5.82 Å². The average Bonchev–Trinajstić information content (AvgIpc) is 3.48. The minimum Gasteiger partial charge on any atom is -0.313 e. The summed E-state index contributed by atoms with van der Waals surface area (Å²) in [5, 5.41) is 14.5. The van der Waals surface area contributed by atoms with E-state index in [0.29, 0.717) is 5.82 Å². The molecule has 1 N–H and O–H groups in total. The van der Waals surface area contributed by atoms with Crippen LogP contribution in [-0.2, 0) is 12.8 Å². The number of hydrogen-bond donors (Lipinski definition) is 1. The van der Waals surface area contributed by atoms with Crippen LogP contribution in [0.4, 0.5) is 0 Å². The number of aromatic amines is 1. The summed E-state index contributed by atoms with van der Waals surface area (Å²) < 4.78 is 2.37. The van der Waals surface area contributed by atoms with Gasteiger partial charge in [0.15, 0.2) is 0 Å². The second-order valence-electron chi connectivity index (χ2n) is 7.40. The largest absolute Gasteiger partial charge is 0.313 e. The van der Waals surface area contributed by atoms with Crippen LogP contribution in [0.3, 0.4) is 0 Å². The Hall–Kier alpha value is -4.06. The predicted molar refractivity (Wildman–Crippen MR) is 115 cm³/mol. The Bertz CT molecular complexity index is 1340. The van der Waals surface area contributed by atoms with Gasteiger partial charge in [0.25, 0.3) is 0 Å². The number of benzene rings is 2. The predicted octanol–water partition coefficient (Wildman–Crippen LogP) is 4.49. The Morgan fingerprint density at radius 1 is 0.800 bits per heavy atom. The van der Waals surface area contributed by atoms with Crippen molar-refractivity contribution in [2.45, 2.75) is 12.8 Å². The molecule has 0 saturated heterocycles. The molecule has 0 bridgehead atoms. The topological polar surface area (TPSA) is 72.3 Å². The van der Waals surface area contributed by atoms with Gasteiger partial charge in [0, 0.05) is 40.5 Å². The van der Waals surface area contributed by atoms with Crippen molar-refractivity contribution in [3.8, 4) is 39.5 Å². The summed E-state index contributed by atoms with van der Waals surface area (Å²) in [6, 6.07) is 23.4. The molecule has 0 fully saturated rings. The first-order chi connectivity index (χ1) is 14.9. The van der Waals surface area contributed by atoms with Crippen molar-refractivity contribution in [1.82, 2.24) is 30.2 Å². The molecule has 0 aliphatic heterocycles. The van der Waals surface area contributed by atoms with Crippen molar-refractivity contribution in [2.24, 2.45) is 0 Å². The van der Waals surface area contributed by atoms with Crippen LogP contribution in [0.5, 0.6) is 0 Å². The summed E-state index contributed by atoms with van der Waals surface area (Å²) in [5.41, 5.74) is 9.67. The van der Waals surface area contributed by atoms with E-state index in [-0.39, 0.29) is 0 Å². The number of H-pyrrole nitrogens is 1. The fourth-order valence-electron chi connectivity index (χ4n) is 4.38. The molecule has 1 aliphatic rings. The lowest BCUT2D eigenvalue weighted by Crippen LogP contribution is -2.09. The summed E-state index contributed by atoms with van der Waals surface area (Å²) in [6.45, 7) is 0. The van der Waals surface area contributed by atoms with Gasteiger partial charge in [-0.2, -0.15) is 5.21 Å². The van der Waals surface area contributed by atoms with E-state index < -0.39 is 0 Å². The highest BCUT2D eigenvalue weighted by Crippen LogP contribution is 2.40. The monoisotopic (exact) mass is 390 g/mol. The number of hydrogen-bond acceptors (Lipinski definition) is 4. The van der Waals surface area contributed by atoms with Gasteiger partial charge in [-0.25, -0.2) is 0 Å². The van der Waals surface area contributed by atoms with Crippen molar-refractivity contribution < 1.29 is 0 Å². The zero-order valence-electron chi connectivity index (χ0n) is 16.2. The number of fused-ring (bicyclic) bond motifs is 3. The van der Waals surface area contributed by atoms with E-state index in [1.165, 1.54) is 22.4 Å². The molecule has 6 nitrogen and oxygen atoms in total. The van der Waals surface area contributed by atoms with Crippen molar-refractivity contribution in [3.05, 3.63) is 90.4 Å². The van der Waals surface area contributed by atoms with Crippen LogP contribution in [0.1, 0.15) is 11.3 Å². The smallest absolute Gasteiger partial charge is 0.204 e. The molecule has 0 atom stereocenters. The van der Waals surface area contributed by atoms with Gasteiger partial charge in [0.05, 0.1) is 5.69 Å². The first kappa shape index (κ1) is 16.9.